The minimum Gasteiger partial charge on any atom is -0.314 e. The average molecular weight is 350 g/mol. The molecule has 3 rings (SSSR count). The normalized spacial score (nSPS) is 11.0. The first kappa shape index (κ1) is 17.8. The first-order chi connectivity index (χ1) is 12.6. The van der Waals surface area contributed by atoms with E-state index in [2.05, 4.69) is 9.97 Å². The van der Waals surface area contributed by atoms with Crippen LogP contribution >= 0.6 is 0 Å². The molecule has 0 spiro atoms. The molecule has 0 fully saturated rings. The molecule has 134 valence electrons. The van der Waals surface area contributed by atoms with Crippen molar-refractivity contribution in [1.82, 2.24) is 14.9 Å². The first-order valence-electron chi connectivity index (χ1n) is 8.60. The number of aromatic nitrogens is 2. The summed E-state index contributed by atoms with van der Waals surface area (Å²) in [5.74, 6) is 0.548. The molecular formula is C20H22N4O2. The molecule has 0 bridgehead atoms. The monoisotopic (exact) mass is 350 g/mol. The van der Waals surface area contributed by atoms with Gasteiger partial charge in [-0.05, 0) is 30.8 Å². The number of H-pyrrole nitrogens is 1. The predicted molar refractivity (Wildman–Crippen MR) is 103 cm³/mol. The predicted octanol–water partition coefficient (Wildman–Crippen LogP) is 2.41. The van der Waals surface area contributed by atoms with E-state index >= 15 is 0 Å². The van der Waals surface area contributed by atoms with Crippen LogP contribution in [0.3, 0.4) is 0 Å². The molecular weight excluding hydrogens is 328 g/mol. The van der Waals surface area contributed by atoms with Crippen LogP contribution in [-0.2, 0) is 11.3 Å². The van der Waals surface area contributed by atoms with Crippen molar-refractivity contribution in [3.63, 3.8) is 0 Å². The molecule has 0 saturated heterocycles. The van der Waals surface area contributed by atoms with E-state index in [-0.39, 0.29) is 18.0 Å². The summed E-state index contributed by atoms with van der Waals surface area (Å²) in [5.41, 5.74) is 1.36. The average Bonchev–Trinajstić information content (AvgIpc) is 2.67. The second-order valence-electron chi connectivity index (χ2n) is 6.12. The summed E-state index contributed by atoms with van der Waals surface area (Å²) in [7, 11) is 1.77. The Balaban J connectivity index is 1.73. The van der Waals surface area contributed by atoms with Gasteiger partial charge in [-0.15, -0.1) is 0 Å². The number of hydrogen-bond donors (Lipinski definition) is 1. The highest BCUT2D eigenvalue weighted by molar-refractivity contribution is 5.94. The van der Waals surface area contributed by atoms with Gasteiger partial charge in [-0.1, -0.05) is 37.3 Å². The minimum absolute atomic E-state index is 0.0128. The topological polar surface area (TPSA) is 69.3 Å². The van der Waals surface area contributed by atoms with Crippen LogP contribution in [-0.4, -0.2) is 40.9 Å². The van der Waals surface area contributed by atoms with Crippen LogP contribution < -0.4 is 10.5 Å². The van der Waals surface area contributed by atoms with E-state index in [1.54, 1.807) is 18.0 Å². The van der Waals surface area contributed by atoms with Crippen molar-refractivity contribution >= 4 is 22.5 Å². The zero-order valence-corrected chi connectivity index (χ0v) is 15.0. The molecule has 26 heavy (non-hydrogen) atoms. The molecule has 0 atom stereocenters. The number of rotatable bonds is 6. The Morgan fingerprint density at radius 1 is 1.08 bits per heavy atom. The molecule has 1 N–H and O–H groups in total. The maximum Gasteiger partial charge on any atom is 0.258 e. The molecule has 0 aliphatic rings. The number of fused-ring (bicyclic) bond motifs is 1. The number of aromatic amines is 1. The van der Waals surface area contributed by atoms with Gasteiger partial charge in [0.1, 0.15) is 5.82 Å². The van der Waals surface area contributed by atoms with Crippen LogP contribution in [0.1, 0.15) is 12.7 Å². The van der Waals surface area contributed by atoms with E-state index in [0.717, 1.165) is 5.69 Å². The third-order valence-electron chi connectivity index (χ3n) is 4.36. The Bertz CT molecular complexity index is 953. The third-order valence-corrected chi connectivity index (χ3v) is 4.36. The van der Waals surface area contributed by atoms with Crippen LogP contribution in [0.2, 0.25) is 0 Å². The Labute approximate surface area is 152 Å². The fourth-order valence-corrected chi connectivity index (χ4v) is 2.79. The number of carbonyl (C=O) groups is 1. The number of hydrogen-bond acceptors (Lipinski definition) is 4. The lowest BCUT2D eigenvalue weighted by Crippen LogP contribution is -2.38. The summed E-state index contributed by atoms with van der Waals surface area (Å²) in [6.07, 6.45) is 0. The molecule has 2 aromatic carbocycles. The maximum atomic E-state index is 12.6. The van der Waals surface area contributed by atoms with Gasteiger partial charge >= 0.3 is 0 Å². The van der Waals surface area contributed by atoms with Crippen molar-refractivity contribution in [3.8, 4) is 0 Å². The highest BCUT2D eigenvalue weighted by Gasteiger charge is 2.16. The van der Waals surface area contributed by atoms with E-state index in [9.17, 15) is 9.59 Å². The zero-order chi connectivity index (χ0) is 18.5. The van der Waals surface area contributed by atoms with E-state index in [1.807, 2.05) is 60.4 Å². The van der Waals surface area contributed by atoms with Gasteiger partial charge in [0.05, 0.1) is 24.0 Å². The largest absolute Gasteiger partial charge is 0.314 e. The van der Waals surface area contributed by atoms with Gasteiger partial charge in [0.2, 0.25) is 5.91 Å². The van der Waals surface area contributed by atoms with Crippen molar-refractivity contribution in [3.05, 3.63) is 70.8 Å². The summed E-state index contributed by atoms with van der Waals surface area (Å²) < 4.78 is 0. The van der Waals surface area contributed by atoms with Gasteiger partial charge in [0.25, 0.3) is 5.56 Å². The number of anilines is 1. The highest BCUT2D eigenvalue weighted by Crippen LogP contribution is 2.12. The minimum atomic E-state index is -0.158. The third kappa shape index (κ3) is 3.97. The first-order valence-corrected chi connectivity index (χ1v) is 8.60. The highest BCUT2D eigenvalue weighted by atomic mass is 16.2. The number of benzene rings is 2. The second kappa shape index (κ2) is 7.93. The van der Waals surface area contributed by atoms with Crippen molar-refractivity contribution in [2.45, 2.75) is 13.5 Å². The quantitative estimate of drug-likeness (QED) is 0.741. The number of nitrogens with one attached hydrogen (secondary N) is 1. The molecule has 6 nitrogen and oxygen atoms in total. The SMILES string of the molecule is CCN(CC(=O)N(C)c1ccccc1)Cc1nc2ccccc2c(=O)[nH]1. The molecule has 3 aromatic rings. The van der Waals surface area contributed by atoms with Crippen molar-refractivity contribution in [2.75, 3.05) is 25.0 Å². The molecule has 1 aromatic heterocycles. The van der Waals surface area contributed by atoms with Crippen LogP contribution in [0.25, 0.3) is 10.9 Å². The summed E-state index contributed by atoms with van der Waals surface area (Å²) in [6.45, 7) is 3.31. The zero-order valence-electron chi connectivity index (χ0n) is 15.0. The fourth-order valence-electron chi connectivity index (χ4n) is 2.79. The van der Waals surface area contributed by atoms with Crippen LogP contribution in [0.4, 0.5) is 5.69 Å². The lowest BCUT2D eigenvalue weighted by atomic mass is 10.2. The molecule has 0 radical (unpaired) electrons. The van der Waals surface area contributed by atoms with Gasteiger partial charge < -0.3 is 9.88 Å². The Morgan fingerprint density at radius 2 is 1.77 bits per heavy atom. The van der Waals surface area contributed by atoms with Crippen molar-refractivity contribution in [2.24, 2.45) is 0 Å². The molecule has 1 heterocycles. The summed E-state index contributed by atoms with van der Waals surface area (Å²) in [4.78, 5) is 35.7. The van der Waals surface area contributed by atoms with Gasteiger partial charge in [0, 0.05) is 12.7 Å². The number of para-hydroxylation sites is 2. The lowest BCUT2D eigenvalue weighted by Gasteiger charge is -2.23. The van der Waals surface area contributed by atoms with Crippen LogP contribution in [0.5, 0.6) is 0 Å². The van der Waals surface area contributed by atoms with Crippen LogP contribution in [0, 0.1) is 0 Å². The lowest BCUT2D eigenvalue weighted by molar-refractivity contribution is -0.119. The summed E-state index contributed by atoms with van der Waals surface area (Å²) in [6, 6.07) is 16.8. The van der Waals surface area contributed by atoms with Crippen LogP contribution in [0.15, 0.2) is 59.4 Å². The number of nitrogens with zero attached hydrogens (tertiary/aromatic N) is 3. The van der Waals surface area contributed by atoms with Gasteiger partial charge in [-0.25, -0.2) is 4.98 Å². The number of carbonyl (C=O) groups excluding carboxylic acids is 1. The Kier molecular flexibility index (Phi) is 5.43. The Hall–Kier alpha value is -2.99. The molecule has 0 unspecified atom stereocenters. The maximum absolute atomic E-state index is 12.6. The van der Waals surface area contributed by atoms with E-state index < -0.39 is 0 Å². The molecule has 0 aliphatic heterocycles. The fraction of sp³-hybridized carbons (Fsp3) is 0.250. The Morgan fingerprint density at radius 3 is 2.50 bits per heavy atom. The van der Waals surface area contributed by atoms with Crippen molar-refractivity contribution < 1.29 is 4.79 Å². The number of amides is 1. The number of likely N-dealkylation sites (N-methyl/N-ethyl adjacent to an activating group) is 2. The van der Waals surface area contributed by atoms with E-state index in [1.165, 1.54) is 0 Å². The standard InChI is InChI=1S/C20H22N4O2/c1-3-24(14-19(25)23(2)15-9-5-4-6-10-15)13-18-21-17-12-8-7-11-16(17)20(26)22-18/h4-12H,3,13-14H2,1-2H3,(H,21,22,26). The van der Waals surface area contributed by atoms with Gasteiger partial charge in [-0.3, -0.25) is 14.5 Å². The summed E-state index contributed by atoms with van der Waals surface area (Å²) in [5, 5.41) is 0.569. The molecule has 6 heteroatoms. The van der Waals surface area contributed by atoms with E-state index in [4.69, 9.17) is 0 Å². The van der Waals surface area contributed by atoms with Gasteiger partial charge in [-0.2, -0.15) is 0 Å². The smallest absolute Gasteiger partial charge is 0.258 e. The second-order valence-corrected chi connectivity index (χ2v) is 6.12. The van der Waals surface area contributed by atoms with Crippen molar-refractivity contribution in [1.29, 1.82) is 0 Å². The molecule has 0 saturated carbocycles. The molecule has 1 amide bonds. The van der Waals surface area contributed by atoms with Gasteiger partial charge in [0.15, 0.2) is 0 Å². The summed E-state index contributed by atoms with van der Waals surface area (Å²) >= 11 is 0. The van der Waals surface area contributed by atoms with E-state index in [0.29, 0.717) is 29.8 Å². The molecule has 0 aliphatic carbocycles.